The Morgan fingerprint density at radius 3 is 2.86 bits per heavy atom. The molecule has 1 aliphatic rings. The summed E-state index contributed by atoms with van der Waals surface area (Å²) in [6, 6.07) is 14.6. The van der Waals surface area contributed by atoms with Gasteiger partial charge in [0.1, 0.15) is 12.4 Å². The van der Waals surface area contributed by atoms with Crippen LogP contribution in [0.25, 0.3) is 10.8 Å². The summed E-state index contributed by atoms with van der Waals surface area (Å²) in [5.74, 6) is 0.787. The van der Waals surface area contributed by atoms with E-state index in [0.717, 1.165) is 56.2 Å². The van der Waals surface area contributed by atoms with E-state index in [2.05, 4.69) is 42.0 Å². The maximum Gasteiger partial charge on any atom is 0.243 e. The molecule has 1 amide bonds. The number of carbonyl (C=O) groups is 1. The van der Waals surface area contributed by atoms with Crippen LogP contribution in [0.4, 0.5) is 0 Å². The van der Waals surface area contributed by atoms with Crippen LogP contribution in [0.3, 0.4) is 0 Å². The molecule has 7 heteroatoms. The summed E-state index contributed by atoms with van der Waals surface area (Å²) in [6.45, 7) is 4.69. The van der Waals surface area contributed by atoms with Gasteiger partial charge in [-0.3, -0.25) is 4.79 Å². The average molecular weight is 485 g/mol. The number of rotatable bonds is 15. The number of benzene rings is 2. The van der Waals surface area contributed by atoms with E-state index in [9.17, 15) is 4.79 Å². The van der Waals surface area contributed by atoms with Gasteiger partial charge in [0.05, 0.1) is 6.61 Å². The van der Waals surface area contributed by atoms with Crippen molar-refractivity contribution in [1.82, 2.24) is 10.8 Å². The fraction of sp³-hybridized carbons (Fsp3) is 0.536. The Labute approximate surface area is 209 Å². The molecule has 2 unspecified atom stereocenters. The predicted octanol–water partition coefficient (Wildman–Crippen LogP) is 4.90. The average Bonchev–Trinajstić information content (AvgIpc) is 2.89. The zero-order valence-electron chi connectivity index (χ0n) is 21.1. The lowest BCUT2D eigenvalue weighted by Crippen LogP contribution is -2.33. The molecule has 0 aliphatic carbocycles. The van der Waals surface area contributed by atoms with Gasteiger partial charge in [-0.05, 0) is 56.1 Å². The number of amides is 1. The van der Waals surface area contributed by atoms with Crippen LogP contribution in [0, 0.1) is 0 Å². The first-order chi connectivity index (χ1) is 17.2. The van der Waals surface area contributed by atoms with Gasteiger partial charge in [-0.15, -0.1) is 0 Å². The number of nitrogens with one attached hydrogen (secondary N) is 2. The first-order valence-electron chi connectivity index (χ1n) is 12.7. The monoisotopic (exact) mass is 484 g/mol. The molecule has 1 saturated heterocycles. The Morgan fingerprint density at radius 2 is 2.03 bits per heavy atom. The zero-order chi connectivity index (χ0) is 24.7. The molecule has 192 valence electrons. The van der Waals surface area contributed by atoms with Gasteiger partial charge < -0.3 is 19.5 Å². The molecule has 2 aromatic carbocycles. The molecule has 0 bridgehead atoms. The number of methoxy groups -OCH3 is 1. The van der Waals surface area contributed by atoms with Crippen molar-refractivity contribution in [3.8, 4) is 5.75 Å². The minimum absolute atomic E-state index is 0.0993. The summed E-state index contributed by atoms with van der Waals surface area (Å²) < 4.78 is 16.9. The second-order valence-electron chi connectivity index (χ2n) is 9.05. The highest BCUT2D eigenvalue weighted by molar-refractivity contribution is 5.88. The molecule has 2 aromatic rings. The number of hydrogen-bond acceptors (Lipinski definition) is 6. The fourth-order valence-corrected chi connectivity index (χ4v) is 4.01. The minimum Gasteiger partial charge on any atom is -0.489 e. The number of ether oxygens (including phenoxy) is 3. The molecule has 1 aliphatic heterocycles. The standard InChI is InChI=1S/C28H40N2O5/c1-22(20-32-2)29-19-23(21-34-26-15-10-13-24-12-6-7-14-25(24)26)11-4-3-5-16-27(31)30-35-28-17-8-9-18-33-28/h6-7,10-15,22,28-29H,3-5,8-9,16-21H2,1-2H3,(H,30,31)/b23-11+. The molecule has 0 radical (unpaired) electrons. The van der Waals surface area contributed by atoms with Crippen molar-refractivity contribution in [2.45, 2.75) is 64.2 Å². The summed E-state index contributed by atoms with van der Waals surface area (Å²) in [5.41, 5.74) is 3.71. The SMILES string of the molecule is COCC(C)NC/C(=C\CCCCC(=O)NOC1CCCCO1)COc1cccc2ccccc12. The van der Waals surface area contributed by atoms with E-state index in [1.807, 2.05) is 24.3 Å². The molecule has 35 heavy (non-hydrogen) atoms. The first-order valence-corrected chi connectivity index (χ1v) is 12.7. The van der Waals surface area contributed by atoms with Gasteiger partial charge in [-0.25, -0.2) is 10.3 Å². The number of unbranched alkanes of at least 4 members (excludes halogenated alkanes) is 2. The van der Waals surface area contributed by atoms with Crippen molar-refractivity contribution >= 4 is 16.7 Å². The van der Waals surface area contributed by atoms with E-state index >= 15 is 0 Å². The third-order valence-electron chi connectivity index (χ3n) is 5.99. The Hall–Kier alpha value is -2.45. The topological polar surface area (TPSA) is 78.1 Å². The van der Waals surface area contributed by atoms with Crippen molar-refractivity contribution in [2.24, 2.45) is 0 Å². The van der Waals surface area contributed by atoms with Crippen molar-refractivity contribution in [3.05, 3.63) is 54.1 Å². The molecular formula is C28H40N2O5. The minimum atomic E-state index is -0.312. The van der Waals surface area contributed by atoms with Crippen LogP contribution < -0.4 is 15.5 Å². The molecular weight excluding hydrogens is 444 g/mol. The Bertz CT molecular complexity index is 921. The molecule has 7 nitrogen and oxygen atoms in total. The molecule has 1 heterocycles. The van der Waals surface area contributed by atoms with Gasteiger partial charge in [0.2, 0.25) is 5.91 Å². The predicted molar refractivity (Wildman–Crippen MR) is 138 cm³/mol. The normalized spacial score (nSPS) is 17.3. The fourth-order valence-electron chi connectivity index (χ4n) is 4.01. The summed E-state index contributed by atoms with van der Waals surface area (Å²) in [6.07, 6.45) is 7.89. The molecule has 2 N–H and O–H groups in total. The van der Waals surface area contributed by atoms with Crippen molar-refractivity contribution in [2.75, 3.05) is 33.5 Å². The van der Waals surface area contributed by atoms with Crippen molar-refractivity contribution in [1.29, 1.82) is 0 Å². The van der Waals surface area contributed by atoms with E-state index < -0.39 is 0 Å². The van der Waals surface area contributed by atoms with Crippen LogP contribution in [0.5, 0.6) is 5.75 Å². The maximum absolute atomic E-state index is 12.0. The molecule has 0 spiro atoms. The summed E-state index contributed by atoms with van der Waals surface area (Å²) in [4.78, 5) is 17.4. The lowest BCUT2D eigenvalue weighted by Gasteiger charge is -2.22. The molecule has 0 saturated carbocycles. The highest BCUT2D eigenvalue weighted by Gasteiger charge is 2.15. The van der Waals surface area contributed by atoms with E-state index in [1.54, 1.807) is 7.11 Å². The van der Waals surface area contributed by atoms with Crippen LogP contribution >= 0.6 is 0 Å². The van der Waals surface area contributed by atoms with Crippen molar-refractivity contribution < 1.29 is 23.8 Å². The van der Waals surface area contributed by atoms with Crippen LogP contribution in [-0.2, 0) is 19.1 Å². The Balaban J connectivity index is 1.45. The van der Waals surface area contributed by atoms with Gasteiger partial charge in [0.15, 0.2) is 6.29 Å². The molecule has 1 fully saturated rings. The smallest absolute Gasteiger partial charge is 0.243 e. The summed E-state index contributed by atoms with van der Waals surface area (Å²) in [7, 11) is 1.71. The van der Waals surface area contributed by atoms with Gasteiger partial charge >= 0.3 is 0 Å². The second-order valence-corrected chi connectivity index (χ2v) is 9.05. The lowest BCUT2D eigenvalue weighted by molar-refractivity contribution is -0.200. The van der Waals surface area contributed by atoms with E-state index in [-0.39, 0.29) is 18.2 Å². The molecule has 0 aromatic heterocycles. The molecule has 2 atom stereocenters. The van der Waals surface area contributed by atoms with Crippen LogP contribution in [0.1, 0.15) is 51.9 Å². The van der Waals surface area contributed by atoms with Gasteiger partial charge in [0.25, 0.3) is 0 Å². The highest BCUT2D eigenvalue weighted by Crippen LogP contribution is 2.25. The third-order valence-corrected chi connectivity index (χ3v) is 5.99. The summed E-state index contributed by atoms with van der Waals surface area (Å²) >= 11 is 0. The zero-order valence-corrected chi connectivity index (χ0v) is 21.1. The van der Waals surface area contributed by atoms with Gasteiger partial charge in [0, 0.05) is 44.5 Å². The third kappa shape index (κ3) is 9.98. The van der Waals surface area contributed by atoms with E-state index in [4.69, 9.17) is 19.0 Å². The van der Waals surface area contributed by atoms with E-state index in [0.29, 0.717) is 26.2 Å². The largest absolute Gasteiger partial charge is 0.489 e. The number of fused-ring (bicyclic) bond motifs is 1. The number of hydrogen-bond donors (Lipinski definition) is 2. The quantitative estimate of drug-likeness (QED) is 0.213. The number of allylic oxidation sites excluding steroid dienone is 1. The summed E-state index contributed by atoms with van der Waals surface area (Å²) in [5, 5.41) is 5.78. The highest BCUT2D eigenvalue weighted by atomic mass is 16.8. The van der Waals surface area contributed by atoms with Crippen LogP contribution in [0.2, 0.25) is 0 Å². The Morgan fingerprint density at radius 1 is 1.17 bits per heavy atom. The van der Waals surface area contributed by atoms with Crippen LogP contribution in [0.15, 0.2) is 54.1 Å². The second kappa shape index (κ2) is 15.5. The lowest BCUT2D eigenvalue weighted by atomic mass is 10.1. The van der Waals surface area contributed by atoms with E-state index in [1.165, 1.54) is 11.0 Å². The van der Waals surface area contributed by atoms with Crippen LogP contribution in [-0.4, -0.2) is 51.7 Å². The maximum atomic E-state index is 12.0. The first kappa shape index (κ1) is 27.1. The van der Waals surface area contributed by atoms with Crippen molar-refractivity contribution in [3.63, 3.8) is 0 Å². The molecule has 3 rings (SSSR count). The van der Waals surface area contributed by atoms with Gasteiger partial charge in [-0.1, -0.05) is 42.5 Å². The van der Waals surface area contributed by atoms with Gasteiger partial charge in [-0.2, -0.15) is 0 Å². The Kier molecular flexibility index (Phi) is 12.0. The number of carbonyl (C=O) groups excluding carboxylic acids is 1. The number of hydroxylamine groups is 1.